The van der Waals surface area contributed by atoms with Gasteiger partial charge in [0.05, 0.1) is 18.2 Å². The molecule has 2 heterocycles. The summed E-state index contributed by atoms with van der Waals surface area (Å²) < 4.78 is 6.72. The van der Waals surface area contributed by atoms with Crippen LogP contribution in [0.2, 0.25) is 0 Å². The number of hydrogen-bond donors (Lipinski definition) is 1. The van der Waals surface area contributed by atoms with Gasteiger partial charge in [-0.05, 0) is 109 Å². The summed E-state index contributed by atoms with van der Waals surface area (Å²) in [6.07, 6.45) is 0. The Hall–Kier alpha value is -3.72. The van der Waals surface area contributed by atoms with E-state index in [4.69, 9.17) is 9.84 Å². The molecule has 0 unspecified atom stereocenters. The summed E-state index contributed by atoms with van der Waals surface area (Å²) >= 11 is 7.23. The van der Waals surface area contributed by atoms with E-state index in [1.165, 1.54) is 12.7 Å². The second-order valence-corrected chi connectivity index (χ2v) is 13.4. The van der Waals surface area contributed by atoms with Crippen LogP contribution in [-0.2, 0) is 30.9 Å². The van der Waals surface area contributed by atoms with E-state index >= 15 is 0 Å². The average Bonchev–Trinajstić information content (AvgIpc) is 3.54. The standard InChI is InChI=1S/C19H18BrNO3.C18H16BrNO3.Li.H2O/c1-11-8-15-16(17(20)12(11)2)10-21(18(15)22)9-13-4-6-14(7-5-13)19(23)24-3;1-10-7-14-15(16(19)11(10)2)9-20(17(14)21)8-12-3-5-13(6-4-12)18(22)23;;/h4-8H,9-10H2,1-3H3;3-7H,8-9H2,1-2H3,(H,22,23);;1H2/q;;+1;/p-1. The minimum atomic E-state index is -0.948. The number of carboxylic acids is 1. The van der Waals surface area contributed by atoms with E-state index in [2.05, 4.69) is 38.8 Å². The third kappa shape index (κ3) is 8.19. The molecule has 2 aliphatic heterocycles. The van der Waals surface area contributed by atoms with E-state index in [1.54, 1.807) is 41.3 Å². The Morgan fingerprint density at radius 1 is 0.714 bits per heavy atom. The Kier molecular flexibility index (Phi) is 13.2. The van der Waals surface area contributed by atoms with E-state index in [1.807, 2.05) is 49.9 Å². The second kappa shape index (κ2) is 16.3. The smallest absolute Gasteiger partial charge is 0.870 e. The first-order chi connectivity index (χ1) is 22.3. The summed E-state index contributed by atoms with van der Waals surface area (Å²) in [5.41, 5.74) is 10.8. The molecule has 4 aromatic rings. The van der Waals surface area contributed by atoms with Crippen LogP contribution < -0.4 is 18.9 Å². The summed E-state index contributed by atoms with van der Waals surface area (Å²) in [4.78, 5) is 51.2. The first-order valence-electron chi connectivity index (χ1n) is 15.0. The molecule has 49 heavy (non-hydrogen) atoms. The zero-order valence-electron chi connectivity index (χ0n) is 28.2. The van der Waals surface area contributed by atoms with Crippen molar-refractivity contribution in [1.82, 2.24) is 9.80 Å². The number of carboxylic acid groups (broad SMARTS) is 1. The Balaban J connectivity index is 0.000000255. The Morgan fingerprint density at radius 3 is 1.43 bits per heavy atom. The maximum atomic E-state index is 12.7. The molecule has 0 bridgehead atoms. The van der Waals surface area contributed by atoms with E-state index in [-0.39, 0.29) is 47.7 Å². The molecule has 250 valence electrons. The predicted octanol–water partition coefficient (Wildman–Crippen LogP) is 4.76. The van der Waals surface area contributed by atoms with E-state index in [0.29, 0.717) is 31.7 Å². The summed E-state index contributed by atoms with van der Waals surface area (Å²) in [5.74, 6) is -1.24. The number of carbonyl (C=O) groups excluding carboxylic acids is 3. The van der Waals surface area contributed by atoms with Gasteiger partial charge in [0.1, 0.15) is 0 Å². The van der Waals surface area contributed by atoms with Crippen LogP contribution in [0.3, 0.4) is 0 Å². The number of rotatable bonds is 6. The van der Waals surface area contributed by atoms with Gasteiger partial charge in [-0.15, -0.1) is 0 Å². The second-order valence-electron chi connectivity index (χ2n) is 11.8. The zero-order chi connectivity index (χ0) is 34.2. The van der Waals surface area contributed by atoms with Gasteiger partial charge in [-0.1, -0.05) is 56.1 Å². The Labute approximate surface area is 314 Å². The molecule has 2 aliphatic rings. The predicted molar refractivity (Wildman–Crippen MR) is 188 cm³/mol. The molecule has 0 saturated carbocycles. The Morgan fingerprint density at radius 2 is 1.08 bits per heavy atom. The van der Waals surface area contributed by atoms with Crippen molar-refractivity contribution in [1.29, 1.82) is 0 Å². The quantitative estimate of drug-likeness (QED) is 0.220. The fourth-order valence-electron chi connectivity index (χ4n) is 5.73. The number of esters is 1. The van der Waals surface area contributed by atoms with Crippen molar-refractivity contribution in [2.75, 3.05) is 7.11 Å². The minimum absolute atomic E-state index is 0. The first kappa shape index (κ1) is 39.7. The minimum Gasteiger partial charge on any atom is -0.870 e. The monoisotopic (exact) mass is 784 g/mol. The van der Waals surface area contributed by atoms with E-state index in [0.717, 1.165) is 59.0 Å². The number of methoxy groups -OCH3 is 1. The largest absolute Gasteiger partial charge is 1.00 e. The fourth-order valence-corrected chi connectivity index (χ4v) is 7.03. The van der Waals surface area contributed by atoms with Crippen LogP contribution in [0.5, 0.6) is 0 Å². The zero-order valence-corrected chi connectivity index (χ0v) is 31.4. The molecule has 6 rings (SSSR count). The molecule has 0 radical (unpaired) electrons. The molecule has 0 spiro atoms. The van der Waals surface area contributed by atoms with Crippen molar-refractivity contribution in [3.63, 3.8) is 0 Å². The summed E-state index contributed by atoms with van der Waals surface area (Å²) in [6.45, 7) is 10.3. The fraction of sp³-hybridized carbons (Fsp3) is 0.243. The van der Waals surface area contributed by atoms with Crippen molar-refractivity contribution in [3.8, 4) is 0 Å². The van der Waals surface area contributed by atoms with Gasteiger partial charge in [-0.25, -0.2) is 9.59 Å². The third-order valence-electron chi connectivity index (χ3n) is 8.80. The van der Waals surface area contributed by atoms with Crippen LogP contribution in [-0.4, -0.2) is 51.2 Å². The van der Waals surface area contributed by atoms with E-state index in [9.17, 15) is 19.2 Å². The number of halogens is 2. The SMILES string of the molecule is COC(=O)c1ccc(CN2Cc3c(cc(C)c(C)c3Br)C2=O)cc1.Cc1cc2c(c(Br)c1C)CN(Cc1ccc(C(=O)O)cc1)C2=O.[Li+].[OH-]. The van der Waals surface area contributed by atoms with Gasteiger partial charge in [-0.3, -0.25) is 9.59 Å². The molecule has 2 N–H and O–H groups in total. The number of benzene rings is 4. The van der Waals surface area contributed by atoms with Crippen molar-refractivity contribution in [3.05, 3.63) is 136 Å². The van der Waals surface area contributed by atoms with Crippen LogP contribution >= 0.6 is 31.9 Å². The normalized spacial score (nSPS) is 12.7. The van der Waals surface area contributed by atoms with E-state index < -0.39 is 5.97 Å². The molecule has 0 saturated heterocycles. The summed E-state index contributed by atoms with van der Waals surface area (Å²) in [5, 5.41) is 8.93. The Bertz CT molecular complexity index is 1930. The maximum absolute atomic E-state index is 12.7. The van der Waals surface area contributed by atoms with Crippen LogP contribution in [0.25, 0.3) is 0 Å². The number of aromatic carboxylic acids is 1. The average molecular weight is 786 g/mol. The number of aryl methyl sites for hydroxylation is 2. The summed E-state index contributed by atoms with van der Waals surface area (Å²) in [7, 11) is 1.36. The molecule has 9 nitrogen and oxygen atoms in total. The molecule has 0 aliphatic carbocycles. The summed E-state index contributed by atoms with van der Waals surface area (Å²) in [6, 6.07) is 17.7. The van der Waals surface area contributed by atoms with Crippen LogP contribution in [0, 0.1) is 27.7 Å². The molecule has 0 aromatic heterocycles. The molecular formula is C37H35Br2LiN2O7. The van der Waals surface area contributed by atoms with Gasteiger partial charge >= 0.3 is 30.8 Å². The van der Waals surface area contributed by atoms with Crippen LogP contribution in [0.1, 0.15) is 85.9 Å². The number of amides is 2. The number of carbonyl (C=O) groups is 4. The number of ether oxygens (including phenoxy) is 1. The van der Waals surface area contributed by atoms with Gasteiger partial charge in [0, 0.05) is 46.3 Å². The number of fused-ring (bicyclic) bond motifs is 2. The van der Waals surface area contributed by atoms with Gasteiger partial charge in [0.25, 0.3) is 11.8 Å². The topological polar surface area (TPSA) is 134 Å². The molecule has 0 atom stereocenters. The molecule has 4 aromatic carbocycles. The van der Waals surface area contributed by atoms with Gasteiger partial charge in [0.2, 0.25) is 0 Å². The van der Waals surface area contributed by atoms with Crippen molar-refractivity contribution in [2.24, 2.45) is 0 Å². The molecular weight excluding hydrogens is 751 g/mol. The maximum Gasteiger partial charge on any atom is 1.00 e. The van der Waals surface area contributed by atoms with Crippen LogP contribution in [0.15, 0.2) is 69.6 Å². The van der Waals surface area contributed by atoms with Gasteiger partial charge in [-0.2, -0.15) is 0 Å². The molecule has 2 amide bonds. The first-order valence-corrected chi connectivity index (χ1v) is 16.5. The van der Waals surface area contributed by atoms with Crippen molar-refractivity contribution in [2.45, 2.75) is 53.9 Å². The van der Waals surface area contributed by atoms with Gasteiger partial charge < -0.3 is 25.1 Å². The van der Waals surface area contributed by atoms with Crippen molar-refractivity contribution >= 4 is 55.6 Å². The third-order valence-corrected chi connectivity index (χ3v) is 10.9. The number of hydrogen-bond acceptors (Lipinski definition) is 6. The molecule has 12 heteroatoms. The van der Waals surface area contributed by atoms with Crippen molar-refractivity contribution < 1.29 is 53.4 Å². The number of nitrogens with zero attached hydrogens (tertiary/aromatic N) is 2. The van der Waals surface area contributed by atoms with Gasteiger partial charge in [0.15, 0.2) is 0 Å². The molecule has 0 fully saturated rings. The van der Waals surface area contributed by atoms with Crippen LogP contribution in [0.4, 0.5) is 0 Å².